The predicted octanol–water partition coefficient (Wildman–Crippen LogP) is 1.83. The average molecular weight is 296 g/mol. The summed E-state index contributed by atoms with van der Waals surface area (Å²) in [5, 5.41) is 0. The second-order valence-corrected chi connectivity index (χ2v) is 3.74. The highest BCUT2D eigenvalue weighted by Crippen LogP contribution is 2.17. The fourth-order valence-electron chi connectivity index (χ4n) is 1.01. The molecule has 0 amide bonds. The lowest BCUT2D eigenvalue weighted by Crippen LogP contribution is -2.16. The van der Waals surface area contributed by atoms with Gasteiger partial charge in [0.25, 0.3) is 0 Å². The van der Waals surface area contributed by atoms with E-state index in [1.165, 1.54) is 7.11 Å². The van der Waals surface area contributed by atoms with Crippen LogP contribution < -0.4 is 5.73 Å². The number of pyridine rings is 1. The van der Waals surface area contributed by atoms with E-state index in [9.17, 15) is 4.79 Å². The van der Waals surface area contributed by atoms with Crippen LogP contribution in [0.25, 0.3) is 0 Å². The molecular weight excluding hydrogens is 283 g/mol. The summed E-state index contributed by atoms with van der Waals surface area (Å²) < 4.78 is 5.36. The fraction of sp³-hybridized carbons (Fsp3) is 0.333. The van der Waals surface area contributed by atoms with Gasteiger partial charge >= 0.3 is 5.97 Å². The SMILES string of the molecule is COC(=O)C[C@H](N)c1cncc(Br)c1.Cl. The first kappa shape index (κ1) is 14.3. The van der Waals surface area contributed by atoms with Crippen LogP contribution in [0.5, 0.6) is 0 Å². The quantitative estimate of drug-likeness (QED) is 0.864. The van der Waals surface area contributed by atoms with Gasteiger partial charge < -0.3 is 10.5 Å². The maximum atomic E-state index is 10.9. The molecule has 1 atom stereocenters. The zero-order chi connectivity index (χ0) is 10.6. The van der Waals surface area contributed by atoms with Gasteiger partial charge in [-0.25, -0.2) is 0 Å². The highest BCUT2D eigenvalue weighted by molar-refractivity contribution is 9.10. The molecule has 0 bridgehead atoms. The number of hydrogen-bond acceptors (Lipinski definition) is 4. The number of hydrogen-bond donors (Lipinski definition) is 1. The number of halogens is 2. The van der Waals surface area contributed by atoms with Crippen molar-refractivity contribution in [1.82, 2.24) is 4.98 Å². The Morgan fingerprint density at radius 1 is 1.67 bits per heavy atom. The normalized spacial score (nSPS) is 11.4. The molecule has 15 heavy (non-hydrogen) atoms. The summed E-state index contributed by atoms with van der Waals surface area (Å²) in [6.07, 6.45) is 3.46. The molecule has 0 saturated carbocycles. The third-order valence-corrected chi connectivity index (χ3v) is 2.20. The van der Waals surface area contributed by atoms with Crippen molar-refractivity contribution in [3.8, 4) is 0 Å². The molecule has 0 aliphatic heterocycles. The molecule has 84 valence electrons. The maximum absolute atomic E-state index is 10.9. The van der Waals surface area contributed by atoms with Gasteiger partial charge in [-0.3, -0.25) is 9.78 Å². The molecule has 1 aromatic rings. The van der Waals surface area contributed by atoms with Crippen LogP contribution in [-0.4, -0.2) is 18.1 Å². The molecule has 6 heteroatoms. The van der Waals surface area contributed by atoms with Crippen molar-refractivity contribution in [3.05, 3.63) is 28.5 Å². The lowest BCUT2D eigenvalue weighted by Gasteiger charge is -2.09. The number of nitrogens with zero attached hydrogens (tertiary/aromatic N) is 1. The molecule has 0 saturated heterocycles. The monoisotopic (exact) mass is 294 g/mol. The molecule has 1 heterocycles. The second kappa shape index (κ2) is 6.76. The number of esters is 1. The molecule has 0 fully saturated rings. The van der Waals surface area contributed by atoms with Crippen molar-refractivity contribution >= 4 is 34.3 Å². The molecule has 2 N–H and O–H groups in total. The van der Waals surface area contributed by atoms with Gasteiger partial charge in [0.15, 0.2) is 0 Å². The zero-order valence-electron chi connectivity index (χ0n) is 8.14. The number of methoxy groups -OCH3 is 1. The molecule has 1 rings (SSSR count). The van der Waals surface area contributed by atoms with Gasteiger partial charge in [-0.2, -0.15) is 0 Å². The lowest BCUT2D eigenvalue weighted by atomic mass is 10.1. The minimum atomic E-state index is -0.368. The third-order valence-electron chi connectivity index (χ3n) is 1.77. The average Bonchev–Trinajstić information content (AvgIpc) is 2.17. The Hall–Kier alpha value is -0.650. The number of carbonyl (C=O) groups excluding carboxylic acids is 1. The summed E-state index contributed by atoms with van der Waals surface area (Å²) >= 11 is 3.28. The summed E-state index contributed by atoms with van der Waals surface area (Å²) in [6, 6.07) is 1.47. The lowest BCUT2D eigenvalue weighted by molar-refractivity contribution is -0.141. The van der Waals surface area contributed by atoms with Gasteiger partial charge in [-0.15, -0.1) is 12.4 Å². The molecule has 0 radical (unpaired) electrons. The summed E-state index contributed by atoms with van der Waals surface area (Å²) in [4.78, 5) is 14.9. The zero-order valence-corrected chi connectivity index (χ0v) is 10.5. The van der Waals surface area contributed by atoms with Crippen molar-refractivity contribution in [2.45, 2.75) is 12.5 Å². The van der Waals surface area contributed by atoms with E-state index in [2.05, 4.69) is 25.7 Å². The highest BCUT2D eigenvalue weighted by Gasteiger charge is 2.12. The smallest absolute Gasteiger partial charge is 0.307 e. The van der Waals surface area contributed by atoms with Crippen LogP contribution in [0.15, 0.2) is 22.9 Å². The minimum absolute atomic E-state index is 0. The molecule has 0 aliphatic carbocycles. The number of nitrogens with two attached hydrogens (primary N) is 1. The first-order valence-electron chi connectivity index (χ1n) is 4.06. The van der Waals surface area contributed by atoms with Gasteiger partial charge in [0.05, 0.1) is 13.5 Å². The summed E-state index contributed by atoms with van der Waals surface area (Å²) in [5.41, 5.74) is 6.59. The summed E-state index contributed by atoms with van der Waals surface area (Å²) in [6.45, 7) is 0. The standard InChI is InChI=1S/C9H11BrN2O2.ClH/c1-14-9(13)3-8(11)6-2-7(10)5-12-4-6;/h2,4-5,8H,3,11H2,1H3;1H/t8-;/m0./s1. The van der Waals surface area contributed by atoms with Gasteiger partial charge in [0, 0.05) is 22.9 Å². The van der Waals surface area contributed by atoms with E-state index in [1.54, 1.807) is 12.4 Å². The Morgan fingerprint density at radius 2 is 2.33 bits per heavy atom. The van der Waals surface area contributed by atoms with Crippen LogP contribution in [0.2, 0.25) is 0 Å². The van der Waals surface area contributed by atoms with E-state index in [0.29, 0.717) is 0 Å². The first-order chi connectivity index (χ1) is 6.63. The van der Waals surface area contributed by atoms with E-state index in [4.69, 9.17) is 5.73 Å². The predicted molar refractivity (Wildman–Crippen MR) is 62.7 cm³/mol. The first-order valence-corrected chi connectivity index (χ1v) is 4.85. The topological polar surface area (TPSA) is 65.2 Å². The van der Waals surface area contributed by atoms with Gasteiger partial charge in [0.1, 0.15) is 0 Å². The van der Waals surface area contributed by atoms with Crippen molar-refractivity contribution in [1.29, 1.82) is 0 Å². The Balaban J connectivity index is 0.00000196. The van der Waals surface area contributed by atoms with Crippen LogP contribution in [0.4, 0.5) is 0 Å². The van der Waals surface area contributed by atoms with Gasteiger partial charge in [0.2, 0.25) is 0 Å². The van der Waals surface area contributed by atoms with E-state index in [0.717, 1.165) is 10.0 Å². The molecule has 0 aliphatic rings. The van der Waals surface area contributed by atoms with E-state index in [-0.39, 0.29) is 30.8 Å². The number of ether oxygens (including phenoxy) is 1. The third kappa shape index (κ3) is 4.59. The van der Waals surface area contributed by atoms with Crippen molar-refractivity contribution < 1.29 is 9.53 Å². The van der Waals surface area contributed by atoms with E-state index >= 15 is 0 Å². The number of rotatable bonds is 3. The second-order valence-electron chi connectivity index (χ2n) is 2.82. The largest absolute Gasteiger partial charge is 0.469 e. The minimum Gasteiger partial charge on any atom is -0.469 e. The molecule has 0 aromatic carbocycles. The Morgan fingerprint density at radius 3 is 2.87 bits per heavy atom. The highest BCUT2D eigenvalue weighted by atomic mass is 79.9. The van der Waals surface area contributed by atoms with E-state index in [1.807, 2.05) is 6.07 Å². The summed E-state index contributed by atoms with van der Waals surface area (Å²) in [7, 11) is 1.34. The molecule has 4 nitrogen and oxygen atoms in total. The van der Waals surface area contributed by atoms with Crippen molar-refractivity contribution in [3.63, 3.8) is 0 Å². The molecular formula is C9H12BrClN2O2. The Kier molecular flexibility index (Phi) is 6.47. The van der Waals surface area contributed by atoms with Crippen LogP contribution in [0, 0.1) is 0 Å². The van der Waals surface area contributed by atoms with Crippen LogP contribution in [-0.2, 0) is 9.53 Å². The van der Waals surface area contributed by atoms with Gasteiger partial charge in [-0.05, 0) is 27.6 Å². The molecule has 1 aromatic heterocycles. The van der Waals surface area contributed by atoms with Crippen molar-refractivity contribution in [2.75, 3.05) is 7.11 Å². The fourth-order valence-corrected chi connectivity index (χ4v) is 1.39. The maximum Gasteiger partial charge on any atom is 0.307 e. The molecule has 0 spiro atoms. The molecule has 0 unspecified atom stereocenters. The number of aromatic nitrogens is 1. The van der Waals surface area contributed by atoms with Crippen LogP contribution >= 0.6 is 28.3 Å². The Labute approximate surface area is 103 Å². The van der Waals surface area contributed by atoms with Crippen LogP contribution in [0.3, 0.4) is 0 Å². The van der Waals surface area contributed by atoms with Crippen LogP contribution in [0.1, 0.15) is 18.0 Å². The van der Waals surface area contributed by atoms with Crippen molar-refractivity contribution in [2.24, 2.45) is 5.73 Å². The Bertz CT molecular complexity index is 336. The summed E-state index contributed by atoms with van der Waals surface area (Å²) in [5.74, 6) is -0.322. The number of carbonyl (C=O) groups is 1. The van der Waals surface area contributed by atoms with Gasteiger partial charge in [-0.1, -0.05) is 0 Å². The van der Waals surface area contributed by atoms with E-state index < -0.39 is 0 Å².